The molecule has 0 amide bonds. The predicted molar refractivity (Wildman–Crippen MR) is 71.8 cm³/mol. The second-order valence-electron chi connectivity index (χ2n) is 3.82. The Labute approximate surface area is 112 Å². The zero-order valence-corrected chi connectivity index (χ0v) is 11.0. The SMILES string of the molecule is NCc1nnc2ccc(-c3ccc(Br)cc3)nn12. The van der Waals surface area contributed by atoms with E-state index < -0.39 is 0 Å². The van der Waals surface area contributed by atoms with E-state index in [1.54, 1.807) is 4.52 Å². The monoisotopic (exact) mass is 303 g/mol. The van der Waals surface area contributed by atoms with Crippen molar-refractivity contribution >= 4 is 21.6 Å². The van der Waals surface area contributed by atoms with E-state index in [1.165, 1.54) is 0 Å². The van der Waals surface area contributed by atoms with E-state index in [9.17, 15) is 0 Å². The Balaban J connectivity index is 2.14. The summed E-state index contributed by atoms with van der Waals surface area (Å²) in [6, 6.07) is 11.8. The number of halogens is 1. The molecule has 0 fully saturated rings. The van der Waals surface area contributed by atoms with Crippen LogP contribution in [-0.4, -0.2) is 19.8 Å². The van der Waals surface area contributed by atoms with Crippen molar-refractivity contribution in [2.24, 2.45) is 5.73 Å². The van der Waals surface area contributed by atoms with Crippen LogP contribution in [0.15, 0.2) is 40.9 Å². The molecule has 2 heterocycles. The van der Waals surface area contributed by atoms with Crippen LogP contribution >= 0.6 is 15.9 Å². The summed E-state index contributed by atoms with van der Waals surface area (Å²) in [5, 5.41) is 12.5. The number of nitrogens with two attached hydrogens (primary N) is 1. The van der Waals surface area contributed by atoms with Crippen LogP contribution in [-0.2, 0) is 6.54 Å². The largest absolute Gasteiger partial charge is 0.324 e. The van der Waals surface area contributed by atoms with Gasteiger partial charge in [-0.05, 0) is 24.3 Å². The first-order chi connectivity index (χ1) is 8.78. The Morgan fingerprint density at radius 3 is 2.56 bits per heavy atom. The molecule has 0 unspecified atom stereocenters. The lowest BCUT2D eigenvalue weighted by atomic mass is 10.1. The maximum Gasteiger partial charge on any atom is 0.177 e. The Bertz CT molecular complexity index is 689. The summed E-state index contributed by atoms with van der Waals surface area (Å²) in [5.41, 5.74) is 8.21. The van der Waals surface area contributed by atoms with Gasteiger partial charge in [0.15, 0.2) is 11.5 Å². The third-order valence-electron chi connectivity index (χ3n) is 2.65. The number of rotatable bonds is 2. The van der Waals surface area contributed by atoms with E-state index in [0.717, 1.165) is 15.7 Å². The van der Waals surface area contributed by atoms with Gasteiger partial charge in [-0.1, -0.05) is 28.1 Å². The number of nitrogens with zero attached hydrogens (tertiary/aromatic N) is 4. The first-order valence-electron chi connectivity index (χ1n) is 5.45. The lowest BCUT2D eigenvalue weighted by Crippen LogP contribution is -2.05. The number of aromatic nitrogens is 4. The highest BCUT2D eigenvalue weighted by molar-refractivity contribution is 9.10. The van der Waals surface area contributed by atoms with Gasteiger partial charge in [0.2, 0.25) is 0 Å². The van der Waals surface area contributed by atoms with Gasteiger partial charge < -0.3 is 5.73 Å². The Kier molecular flexibility index (Phi) is 2.81. The van der Waals surface area contributed by atoms with Crippen molar-refractivity contribution in [3.63, 3.8) is 0 Å². The molecular weight excluding hydrogens is 294 g/mol. The fourth-order valence-corrected chi connectivity index (χ4v) is 2.00. The van der Waals surface area contributed by atoms with Gasteiger partial charge in [0.1, 0.15) is 0 Å². The molecule has 0 aliphatic rings. The number of hydrogen-bond acceptors (Lipinski definition) is 4. The highest BCUT2D eigenvalue weighted by Gasteiger charge is 2.07. The zero-order chi connectivity index (χ0) is 12.5. The minimum Gasteiger partial charge on any atom is -0.324 e. The van der Waals surface area contributed by atoms with Gasteiger partial charge >= 0.3 is 0 Å². The standard InChI is InChI=1S/C12H10BrN5/c13-9-3-1-8(2-4-9)10-5-6-11-15-16-12(7-14)18(11)17-10/h1-6H,7,14H2. The molecule has 3 rings (SSSR count). The van der Waals surface area contributed by atoms with Crippen LogP contribution in [0.1, 0.15) is 5.82 Å². The number of hydrogen-bond donors (Lipinski definition) is 1. The van der Waals surface area contributed by atoms with E-state index in [-0.39, 0.29) is 0 Å². The molecule has 1 aromatic carbocycles. The van der Waals surface area contributed by atoms with Crippen LogP contribution in [0.3, 0.4) is 0 Å². The summed E-state index contributed by atoms with van der Waals surface area (Å²) in [7, 11) is 0. The summed E-state index contributed by atoms with van der Waals surface area (Å²) in [6.07, 6.45) is 0. The smallest absolute Gasteiger partial charge is 0.177 e. The minimum atomic E-state index is 0.317. The molecule has 0 saturated heterocycles. The van der Waals surface area contributed by atoms with Crippen LogP contribution in [0, 0.1) is 0 Å². The molecule has 0 bridgehead atoms. The topological polar surface area (TPSA) is 69.1 Å². The molecule has 0 aliphatic heterocycles. The first kappa shape index (κ1) is 11.3. The lowest BCUT2D eigenvalue weighted by molar-refractivity contribution is 0.811. The molecule has 0 radical (unpaired) electrons. The Hall–Kier alpha value is -1.79. The molecule has 0 atom stereocenters. The van der Waals surface area contributed by atoms with Crippen LogP contribution in [0.5, 0.6) is 0 Å². The second kappa shape index (κ2) is 4.47. The molecule has 6 heteroatoms. The second-order valence-corrected chi connectivity index (χ2v) is 4.73. The average Bonchev–Trinajstić information content (AvgIpc) is 2.81. The molecule has 0 aliphatic carbocycles. The quantitative estimate of drug-likeness (QED) is 0.786. The van der Waals surface area contributed by atoms with E-state index in [2.05, 4.69) is 31.2 Å². The summed E-state index contributed by atoms with van der Waals surface area (Å²) in [5.74, 6) is 0.656. The first-order valence-corrected chi connectivity index (χ1v) is 6.24. The van der Waals surface area contributed by atoms with Crippen LogP contribution < -0.4 is 5.73 Å². The van der Waals surface area contributed by atoms with Gasteiger partial charge in [-0.15, -0.1) is 10.2 Å². The molecule has 2 N–H and O–H groups in total. The normalized spacial score (nSPS) is 11.0. The molecule has 90 valence electrons. The van der Waals surface area contributed by atoms with E-state index in [0.29, 0.717) is 18.0 Å². The van der Waals surface area contributed by atoms with Crippen molar-refractivity contribution in [1.82, 2.24) is 19.8 Å². The summed E-state index contributed by atoms with van der Waals surface area (Å²) in [6.45, 7) is 0.317. The van der Waals surface area contributed by atoms with Gasteiger partial charge in [0.05, 0.1) is 12.2 Å². The molecule has 18 heavy (non-hydrogen) atoms. The molecule has 5 nitrogen and oxygen atoms in total. The van der Waals surface area contributed by atoms with Crippen molar-refractivity contribution in [3.8, 4) is 11.3 Å². The minimum absolute atomic E-state index is 0.317. The summed E-state index contributed by atoms with van der Waals surface area (Å²) in [4.78, 5) is 0. The maximum atomic E-state index is 5.60. The van der Waals surface area contributed by atoms with Crippen molar-refractivity contribution in [1.29, 1.82) is 0 Å². The highest BCUT2D eigenvalue weighted by Crippen LogP contribution is 2.20. The van der Waals surface area contributed by atoms with Crippen LogP contribution in [0.4, 0.5) is 0 Å². The van der Waals surface area contributed by atoms with Gasteiger partial charge in [0, 0.05) is 10.0 Å². The number of fused-ring (bicyclic) bond motifs is 1. The molecule has 3 aromatic rings. The molecule has 0 spiro atoms. The molecule has 2 aromatic heterocycles. The fraction of sp³-hybridized carbons (Fsp3) is 0.0833. The summed E-state index contributed by atoms with van der Waals surface area (Å²) >= 11 is 3.41. The van der Waals surface area contributed by atoms with Crippen LogP contribution in [0.2, 0.25) is 0 Å². The third kappa shape index (κ3) is 1.89. The third-order valence-corrected chi connectivity index (χ3v) is 3.18. The predicted octanol–water partition coefficient (Wildman–Crippen LogP) is 2.01. The van der Waals surface area contributed by atoms with E-state index in [1.807, 2.05) is 36.4 Å². The Morgan fingerprint density at radius 1 is 1.06 bits per heavy atom. The van der Waals surface area contributed by atoms with Gasteiger partial charge in [-0.2, -0.15) is 9.61 Å². The van der Waals surface area contributed by atoms with Gasteiger partial charge in [-0.25, -0.2) is 0 Å². The number of benzene rings is 1. The van der Waals surface area contributed by atoms with Crippen molar-refractivity contribution < 1.29 is 0 Å². The Morgan fingerprint density at radius 2 is 1.83 bits per heavy atom. The lowest BCUT2D eigenvalue weighted by Gasteiger charge is -2.02. The molecule has 0 saturated carbocycles. The maximum absolute atomic E-state index is 5.60. The fourth-order valence-electron chi connectivity index (χ4n) is 1.74. The van der Waals surface area contributed by atoms with Gasteiger partial charge in [0.25, 0.3) is 0 Å². The van der Waals surface area contributed by atoms with Crippen molar-refractivity contribution in [3.05, 3.63) is 46.7 Å². The van der Waals surface area contributed by atoms with E-state index >= 15 is 0 Å². The van der Waals surface area contributed by atoms with Crippen molar-refractivity contribution in [2.45, 2.75) is 6.54 Å². The van der Waals surface area contributed by atoms with Crippen LogP contribution in [0.25, 0.3) is 16.9 Å². The zero-order valence-electron chi connectivity index (χ0n) is 9.42. The van der Waals surface area contributed by atoms with E-state index in [4.69, 9.17) is 5.73 Å². The molecular formula is C12H10BrN5. The highest BCUT2D eigenvalue weighted by atomic mass is 79.9. The average molecular weight is 304 g/mol. The van der Waals surface area contributed by atoms with Crippen molar-refractivity contribution in [2.75, 3.05) is 0 Å². The summed E-state index contributed by atoms with van der Waals surface area (Å²) < 4.78 is 2.72. The van der Waals surface area contributed by atoms with Gasteiger partial charge in [-0.3, -0.25) is 0 Å².